The Hall–Kier alpha value is -3.20. The van der Waals surface area contributed by atoms with E-state index >= 15 is 0 Å². The number of rotatable bonds is 9. The van der Waals surface area contributed by atoms with Crippen molar-refractivity contribution in [1.82, 2.24) is 5.32 Å². The fourth-order valence-electron chi connectivity index (χ4n) is 2.72. The van der Waals surface area contributed by atoms with Crippen molar-refractivity contribution in [2.24, 2.45) is 0 Å². The molecule has 0 saturated heterocycles. The number of carbonyl (C=O) groups excluding carboxylic acids is 3. The minimum Gasteiger partial charge on any atom is -0.352 e. The minimum atomic E-state index is -3.80. The molecule has 2 rings (SSSR count). The molecule has 0 radical (unpaired) electrons. The van der Waals surface area contributed by atoms with Gasteiger partial charge < -0.3 is 10.6 Å². The Balaban J connectivity index is 2.26. The Morgan fingerprint density at radius 2 is 1.73 bits per heavy atom. The molecule has 0 fully saturated rings. The Morgan fingerprint density at radius 3 is 2.37 bits per heavy atom. The number of benzene rings is 2. The van der Waals surface area contributed by atoms with Gasteiger partial charge in [0.25, 0.3) is 5.91 Å². The zero-order valence-electron chi connectivity index (χ0n) is 17.1. The van der Waals surface area contributed by atoms with E-state index in [0.717, 1.165) is 17.0 Å². The fourth-order valence-corrected chi connectivity index (χ4v) is 3.57. The Bertz CT molecular complexity index is 1050. The van der Waals surface area contributed by atoms with Crippen LogP contribution in [0.1, 0.15) is 41.0 Å². The van der Waals surface area contributed by atoms with E-state index in [9.17, 15) is 22.8 Å². The summed E-state index contributed by atoms with van der Waals surface area (Å²) in [6.45, 7) is 3.28. The first-order chi connectivity index (χ1) is 14.1. The van der Waals surface area contributed by atoms with Gasteiger partial charge in [-0.2, -0.15) is 0 Å². The first-order valence-electron chi connectivity index (χ1n) is 9.39. The van der Waals surface area contributed by atoms with Gasteiger partial charge >= 0.3 is 0 Å². The van der Waals surface area contributed by atoms with Gasteiger partial charge in [-0.05, 0) is 37.6 Å². The number of Topliss-reactive ketones (excluding diaryl/α,β-unsaturated/α-hetero) is 1. The van der Waals surface area contributed by atoms with E-state index in [0.29, 0.717) is 12.1 Å². The lowest BCUT2D eigenvalue weighted by molar-refractivity contribution is -0.114. The van der Waals surface area contributed by atoms with E-state index in [2.05, 4.69) is 10.6 Å². The average Bonchev–Trinajstić information content (AvgIpc) is 2.70. The van der Waals surface area contributed by atoms with E-state index < -0.39 is 22.5 Å². The number of anilines is 2. The first-order valence-corrected chi connectivity index (χ1v) is 11.2. The molecular weight excluding hydrogens is 406 g/mol. The van der Waals surface area contributed by atoms with Crippen LogP contribution in [-0.2, 0) is 14.8 Å². The van der Waals surface area contributed by atoms with Crippen LogP contribution in [-0.4, -0.2) is 45.4 Å². The molecule has 0 unspecified atom stereocenters. The molecule has 8 nitrogen and oxygen atoms in total. The summed E-state index contributed by atoms with van der Waals surface area (Å²) in [7, 11) is -3.80. The van der Waals surface area contributed by atoms with Crippen molar-refractivity contribution in [2.75, 3.05) is 29.0 Å². The van der Waals surface area contributed by atoms with Crippen LogP contribution >= 0.6 is 0 Å². The molecule has 2 aromatic carbocycles. The predicted molar refractivity (Wildman–Crippen MR) is 116 cm³/mol. The average molecular weight is 432 g/mol. The van der Waals surface area contributed by atoms with Crippen molar-refractivity contribution in [3.05, 3.63) is 59.7 Å². The lowest BCUT2D eigenvalue weighted by Gasteiger charge is -2.22. The summed E-state index contributed by atoms with van der Waals surface area (Å²) in [5, 5.41) is 5.35. The number of para-hydroxylation sites is 1. The van der Waals surface area contributed by atoms with Crippen LogP contribution in [0.15, 0.2) is 48.5 Å². The SMILES string of the molecule is CCCNC(=O)c1ccccc1NC(=O)CN(c1cccc(C(C)=O)c1)S(C)(=O)=O. The second-order valence-corrected chi connectivity index (χ2v) is 8.63. The molecule has 0 heterocycles. The van der Waals surface area contributed by atoms with Crippen LogP contribution in [0.4, 0.5) is 11.4 Å². The van der Waals surface area contributed by atoms with Gasteiger partial charge in [-0.15, -0.1) is 0 Å². The number of nitrogens with one attached hydrogen (secondary N) is 2. The number of carbonyl (C=O) groups is 3. The minimum absolute atomic E-state index is 0.203. The van der Waals surface area contributed by atoms with Gasteiger partial charge in [0.1, 0.15) is 6.54 Å². The van der Waals surface area contributed by atoms with Gasteiger partial charge in [-0.3, -0.25) is 18.7 Å². The highest BCUT2D eigenvalue weighted by molar-refractivity contribution is 7.92. The van der Waals surface area contributed by atoms with Gasteiger partial charge in [-0.1, -0.05) is 31.2 Å². The number of ketones is 1. The molecule has 0 aliphatic rings. The normalized spacial score (nSPS) is 10.9. The zero-order chi connectivity index (χ0) is 22.3. The van der Waals surface area contributed by atoms with Crippen molar-refractivity contribution in [3.63, 3.8) is 0 Å². The van der Waals surface area contributed by atoms with Crippen LogP contribution in [0.3, 0.4) is 0 Å². The van der Waals surface area contributed by atoms with Gasteiger partial charge in [0, 0.05) is 12.1 Å². The lowest BCUT2D eigenvalue weighted by Crippen LogP contribution is -2.38. The second-order valence-electron chi connectivity index (χ2n) is 6.73. The molecule has 0 saturated carbocycles. The molecule has 0 spiro atoms. The summed E-state index contributed by atoms with van der Waals surface area (Å²) in [5.41, 5.74) is 1.10. The van der Waals surface area contributed by atoms with Crippen LogP contribution in [0.2, 0.25) is 0 Å². The van der Waals surface area contributed by atoms with Crippen molar-refractivity contribution < 1.29 is 22.8 Å². The zero-order valence-corrected chi connectivity index (χ0v) is 18.0. The maximum atomic E-state index is 12.6. The van der Waals surface area contributed by atoms with E-state index in [1.807, 2.05) is 6.92 Å². The molecule has 30 heavy (non-hydrogen) atoms. The third-order valence-electron chi connectivity index (χ3n) is 4.21. The van der Waals surface area contributed by atoms with E-state index in [1.54, 1.807) is 36.4 Å². The summed E-state index contributed by atoms with van der Waals surface area (Å²) >= 11 is 0. The Morgan fingerprint density at radius 1 is 1.03 bits per heavy atom. The molecule has 2 N–H and O–H groups in total. The second kappa shape index (κ2) is 10.0. The fraction of sp³-hybridized carbons (Fsp3) is 0.286. The third-order valence-corrected chi connectivity index (χ3v) is 5.35. The molecular formula is C21H25N3O5S. The first kappa shape index (κ1) is 23.1. The summed E-state index contributed by atoms with van der Waals surface area (Å²) in [4.78, 5) is 36.6. The van der Waals surface area contributed by atoms with E-state index in [1.165, 1.54) is 19.1 Å². The molecule has 9 heteroatoms. The highest BCUT2D eigenvalue weighted by Gasteiger charge is 2.22. The lowest BCUT2D eigenvalue weighted by atomic mass is 10.1. The summed E-state index contributed by atoms with van der Waals surface area (Å²) in [6.07, 6.45) is 1.75. The largest absolute Gasteiger partial charge is 0.352 e. The molecule has 160 valence electrons. The van der Waals surface area contributed by atoms with Crippen molar-refractivity contribution in [1.29, 1.82) is 0 Å². The summed E-state index contributed by atoms with van der Waals surface area (Å²) in [5.74, 6) is -1.17. The van der Waals surface area contributed by atoms with Gasteiger partial charge in [0.05, 0.1) is 23.2 Å². The number of amides is 2. The highest BCUT2D eigenvalue weighted by Crippen LogP contribution is 2.20. The number of hydrogen-bond donors (Lipinski definition) is 2. The molecule has 2 amide bonds. The van der Waals surface area contributed by atoms with E-state index in [4.69, 9.17) is 0 Å². The maximum Gasteiger partial charge on any atom is 0.253 e. The van der Waals surface area contributed by atoms with Crippen LogP contribution in [0.5, 0.6) is 0 Å². The number of nitrogens with zero attached hydrogens (tertiary/aromatic N) is 1. The van der Waals surface area contributed by atoms with Crippen LogP contribution in [0.25, 0.3) is 0 Å². The maximum absolute atomic E-state index is 12.6. The predicted octanol–water partition coefficient (Wildman–Crippen LogP) is 2.43. The van der Waals surface area contributed by atoms with Gasteiger partial charge in [-0.25, -0.2) is 8.42 Å². The molecule has 0 aromatic heterocycles. The smallest absolute Gasteiger partial charge is 0.253 e. The van der Waals surface area contributed by atoms with Crippen LogP contribution in [0, 0.1) is 0 Å². The number of hydrogen-bond acceptors (Lipinski definition) is 5. The van der Waals surface area contributed by atoms with Gasteiger partial charge in [0.15, 0.2) is 5.78 Å². The molecule has 0 atom stereocenters. The van der Waals surface area contributed by atoms with Crippen molar-refractivity contribution in [2.45, 2.75) is 20.3 Å². The number of sulfonamides is 1. The standard InChI is InChI=1S/C21H25N3O5S/c1-4-12-22-21(27)18-10-5-6-11-19(18)23-20(26)14-24(30(3,28)29)17-9-7-8-16(13-17)15(2)25/h5-11,13H,4,12,14H2,1-3H3,(H,22,27)(H,23,26). The molecule has 2 aromatic rings. The topological polar surface area (TPSA) is 113 Å². The summed E-state index contributed by atoms with van der Waals surface area (Å²) in [6, 6.07) is 12.5. The highest BCUT2D eigenvalue weighted by atomic mass is 32.2. The molecule has 0 bridgehead atoms. The van der Waals surface area contributed by atoms with E-state index in [-0.39, 0.29) is 28.6 Å². The van der Waals surface area contributed by atoms with Crippen molar-refractivity contribution in [3.8, 4) is 0 Å². The molecule has 0 aliphatic heterocycles. The van der Waals surface area contributed by atoms with Crippen molar-refractivity contribution >= 4 is 39.0 Å². The quantitative estimate of drug-likeness (QED) is 0.592. The Kier molecular flexibility index (Phi) is 7.71. The molecule has 0 aliphatic carbocycles. The summed E-state index contributed by atoms with van der Waals surface area (Å²) < 4.78 is 25.5. The third kappa shape index (κ3) is 6.15. The van der Waals surface area contributed by atoms with Gasteiger partial charge in [0.2, 0.25) is 15.9 Å². The Labute approximate surface area is 176 Å². The van der Waals surface area contributed by atoms with Crippen LogP contribution < -0.4 is 14.9 Å². The monoisotopic (exact) mass is 431 g/mol.